The fourth-order valence-electron chi connectivity index (χ4n) is 1.40. The molecule has 1 aromatic rings. The zero-order valence-electron chi connectivity index (χ0n) is 8.91. The molecule has 2 N–H and O–H groups in total. The second-order valence-corrected chi connectivity index (χ2v) is 3.96. The first-order valence-electron chi connectivity index (χ1n) is 4.82. The molecule has 1 rings (SSSR count). The molecule has 0 saturated carbocycles. The van der Waals surface area contributed by atoms with Crippen LogP contribution in [0.4, 0.5) is 0 Å². The number of nitrogens with zero attached hydrogens (tertiary/aromatic N) is 1. The molecule has 0 saturated heterocycles. The summed E-state index contributed by atoms with van der Waals surface area (Å²) >= 11 is 0. The highest BCUT2D eigenvalue weighted by Gasteiger charge is 2.11. The SMILES string of the molecule is Cc1cc([C@H](N)C(C)C)ccc1C#N. The number of rotatable bonds is 2. The number of hydrogen-bond donors (Lipinski definition) is 1. The summed E-state index contributed by atoms with van der Waals surface area (Å²) in [7, 11) is 0. The molecule has 0 aromatic heterocycles. The largest absolute Gasteiger partial charge is 0.324 e. The lowest BCUT2D eigenvalue weighted by molar-refractivity contribution is 0.514. The van der Waals surface area contributed by atoms with Crippen LogP contribution in [0.25, 0.3) is 0 Å². The molecule has 0 aliphatic carbocycles. The van der Waals surface area contributed by atoms with E-state index in [1.165, 1.54) is 0 Å². The van der Waals surface area contributed by atoms with Crippen LogP contribution in [-0.2, 0) is 0 Å². The van der Waals surface area contributed by atoms with E-state index >= 15 is 0 Å². The van der Waals surface area contributed by atoms with Gasteiger partial charge in [0.15, 0.2) is 0 Å². The molecule has 14 heavy (non-hydrogen) atoms. The van der Waals surface area contributed by atoms with Crippen molar-refractivity contribution >= 4 is 0 Å². The van der Waals surface area contributed by atoms with E-state index in [-0.39, 0.29) is 6.04 Å². The molecule has 0 heterocycles. The molecular weight excluding hydrogens is 172 g/mol. The summed E-state index contributed by atoms with van der Waals surface area (Å²) in [5, 5.41) is 8.78. The standard InChI is InChI=1S/C12H16N2/c1-8(2)12(14)10-4-5-11(7-13)9(3)6-10/h4-6,8,12H,14H2,1-3H3/t12-/m1/s1. The van der Waals surface area contributed by atoms with E-state index in [2.05, 4.69) is 19.9 Å². The molecule has 0 aliphatic rings. The fraction of sp³-hybridized carbons (Fsp3) is 0.417. The average molecular weight is 188 g/mol. The van der Waals surface area contributed by atoms with E-state index in [0.717, 1.165) is 16.7 Å². The fourth-order valence-corrected chi connectivity index (χ4v) is 1.40. The van der Waals surface area contributed by atoms with Crippen molar-refractivity contribution in [2.24, 2.45) is 11.7 Å². The van der Waals surface area contributed by atoms with Crippen LogP contribution in [0.5, 0.6) is 0 Å². The maximum Gasteiger partial charge on any atom is 0.0994 e. The second-order valence-electron chi connectivity index (χ2n) is 3.96. The van der Waals surface area contributed by atoms with Crippen LogP contribution < -0.4 is 5.73 Å². The van der Waals surface area contributed by atoms with E-state index in [4.69, 9.17) is 11.0 Å². The maximum atomic E-state index is 8.78. The van der Waals surface area contributed by atoms with Crippen molar-refractivity contribution in [3.8, 4) is 6.07 Å². The summed E-state index contributed by atoms with van der Waals surface area (Å²) < 4.78 is 0. The van der Waals surface area contributed by atoms with Crippen LogP contribution in [0.1, 0.15) is 36.6 Å². The van der Waals surface area contributed by atoms with Gasteiger partial charge in [-0.25, -0.2) is 0 Å². The maximum absolute atomic E-state index is 8.78. The first kappa shape index (κ1) is 10.7. The second kappa shape index (κ2) is 4.26. The monoisotopic (exact) mass is 188 g/mol. The lowest BCUT2D eigenvalue weighted by atomic mass is 9.94. The number of benzene rings is 1. The van der Waals surface area contributed by atoms with Crippen LogP contribution in [0.15, 0.2) is 18.2 Å². The molecule has 0 unspecified atom stereocenters. The Morgan fingerprint density at radius 2 is 2.00 bits per heavy atom. The Morgan fingerprint density at radius 1 is 1.36 bits per heavy atom. The van der Waals surface area contributed by atoms with Gasteiger partial charge in [0.2, 0.25) is 0 Å². The van der Waals surface area contributed by atoms with Crippen molar-refractivity contribution < 1.29 is 0 Å². The summed E-state index contributed by atoms with van der Waals surface area (Å²) in [5.74, 6) is 0.419. The molecule has 1 atom stereocenters. The Kier molecular flexibility index (Phi) is 3.27. The molecule has 2 heteroatoms. The molecule has 0 amide bonds. The third kappa shape index (κ3) is 2.12. The van der Waals surface area contributed by atoms with Gasteiger partial charge in [0.25, 0.3) is 0 Å². The third-order valence-electron chi connectivity index (χ3n) is 2.47. The summed E-state index contributed by atoms with van der Waals surface area (Å²) in [6.45, 7) is 6.13. The van der Waals surface area contributed by atoms with Gasteiger partial charge in [-0.2, -0.15) is 5.26 Å². The average Bonchev–Trinajstić information content (AvgIpc) is 2.16. The highest BCUT2D eigenvalue weighted by molar-refractivity contribution is 5.40. The number of nitrogens with two attached hydrogens (primary N) is 1. The van der Waals surface area contributed by atoms with Crippen LogP contribution >= 0.6 is 0 Å². The molecule has 1 aromatic carbocycles. The van der Waals surface area contributed by atoms with Gasteiger partial charge >= 0.3 is 0 Å². The van der Waals surface area contributed by atoms with Crippen LogP contribution in [-0.4, -0.2) is 0 Å². The Labute approximate surface area is 85.4 Å². The van der Waals surface area contributed by atoms with E-state index in [9.17, 15) is 0 Å². The molecular formula is C12H16N2. The molecule has 0 radical (unpaired) electrons. The summed E-state index contributed by atoms with van der Waals surface area (Å²) in [6, 6.07) is 7.99. The van der Waals surface area contributed by atoms with Gasteiger partial charge in [0.05, 0.1) is 11.6 Å². The Balaban J connectivity index is 3.04. The van der Waals surface area contributed by atoms with Gasteiger partial charge < -0.3 is 5.73 Å². The molecule has 0 aliphatic heterocycles. The van der Waals surface area contributed by atoms with Gasteiger partial charge in [-0.05, 0) is 30.0 Å². The Hall–Kier alpha value is -1.33. The molecule has 74 valence electrons. The van der Waals surface area contributed by atoms with Crippen molar-refractivity contribution in [1.82, 2.24) is 0 Å². The van der Waals surface area contributed by atoms with Crippen molar-refractivity contribution in [1.29, 1.82) is 5.26 Å². The first-order chi connectivity index (χ1) is 6.56. The van der Waals surface area contributed by atoms with Gasteiger partial charge in [0, 0.05) is 6.04 Å². The van der Waals surface area contributed by atoms with Gasteiger partial charge in [-0.3, -0.25) is 0 Å². The minimum atomic E-state index is 0.0569. The highest BCUT2D eigenvalue weighted by Crippen LogP contribution is 2.21. The summed E-state index contributed by atoms with van der Waals surface area (Å²) in [5.41, 5.74) is 8.85. The Bertz CT molecular complexity index is 361. The van der Waals surface area contributed by atoms with Crippen molar-refractivity contribution in [3.63, 3.8) is 0 Å². The van der Waals surface area contributed by atoms with Crippen molar-refractivity contribution in [3.05, 3.63) is 34.9 Å². The van der Waals surface area contributed by atoms with E-state index in [1.54, 1.807) is 0 Å². The van der Waals surface area contributed by atoms with Gasteiger partial charge in [0.1, 0.15) is 0 Å². The van der Waals surface area contributed by atoms with E-state index in [1.807, 2.05) is 25.1 Å². The zero-order chi connectivity index (χ0) is 10.7. The predicted octanol–water partition coefficient (Wildman–Crippen LogP) is 2.52. The quantitative estimate of drug-likeness (QED) is 0.775. The van der Waals surface area contributed by atoms with Gasteiger partial charge in [-0.15, -0.1) is 0 Å². The lowest BCUT2D eigenvalue weighted by Crippen LogP contribution is -2.16. The first-order valence-corrected chi connectivity index (χ1v) is 4.82. The van der Waals surface area contributed by atoms with E-state index < -0.39 is 0 Å². The minimum Gasteiger partial charge on any atom is -0.324 e. The number of aryl methyl sites for hydroxylation is 1. The third-order valence-corrected chi connectivity index (χ3v) is 2.47. The molecule has 2 nitrogen and oxygen atoms in total. The zero-order valence-corrected chi connectivity index (χ0v) is 8.91. The summed E-state index contributed by atoms with van der Waals surface area (Å²) in [4.78, 5) is 0. The van der Waals surface area contributed by atoms with Crippen LogP contribution in [0, 0.1) is 24.2 Å². The van der Waals surface area contributed by atoms with Crippen molar-refractivity contribution in [2.75, 3.05) is 0 Å². The topological polar surface area (TPSA) is 49.8 Å². The minimum absolute atomic E-state index is 0.0569. The van der Waals surface area contributed by atoms with E-state index in [0.29, 0.717) is 5.92 Å². The highest BCUT2D eigenvalue weighted by atomic mass is 14.6. The molecule has 0 fully saturated rings. The van der Waals surface area contributed by atoms with Crippen molar-refractivity contribution in [2.45, 2.75) is 26.8 Å². The Morgan fingerprint density at radius 3 is 2.43 bits per heavy atom. The normalized spacial score (nSPS) is 12.6. The smallest absolute Gasteiger partial charge is 0.0994 e. The van der Waals surface area contributed by atoms with Crippen LogP contribution in [0.2, 0.25) is 0 Å². The summed E-state index contributed by atoms with van der Waals surface area (Å²) in [6.07, 6.45) is 0. The molecule has 0 bridgehead atoms. The van der Waals surface area contributed by atoms with Crippen LogP contribution in [0.3, 0.4) is 0 Å². The predicted molar refractivity (Wildman–Crippen MR) is 57.7 cm³/mol. The number of hydrogen-bond acceptors (Lipinski definition) is 2. The molecule has 0 spiro atoms. The number of nitriles is 1. The lowest BCUT2D eigenvalue weighted by Gasteiger charge is -2.16. The van der Waals surface area contributed by atoms with Gasteiger partial charge in [-0.1, -0.05) is 26.0 Å².